The van der Waals surface area contributed by atoms with Gasteiger partial charge in [-0.05, 0) is 38.8 Å². The number of rotatable bonds is 25. The van der Waals surface area contributed by atoms with Gasteiger partial charge in [-0.25, -0.2) is 0 Å². The van der Waals surface area contributed by atoms with Crippen molar-refractivity contribution in [3.8, 4) is 0 Å². The van der Waals surface area contributed by atoms with Crippen LogP contribution in [0.2, 0.25) is 12.1 Å². The lowest BCUT2D eigenvalue weighted by Gasteiger charge is -2.32. The summed E-state index contributed by atoms with van der Waals surface area (Å²) in [6.07, 6.45) is 23.4. The van der Waals surface area contributed by atoms with Crippen LogP contribution < -0.4 is 0 Å². The predicted octanol–water partition coefficient (Wildman–Crippen LogP) is 9.90. The van der Waals surface area contributed by atoms with Crippen LogP contribution in [0.1, 0.15) is 143 Å². The Morgan fingerprint density at radius 2 is 1.13 bits per heavy atom. The lowest BCUT2D eigenvalue weighted by atomic mass is 10.0. The predicted molar refractivity (Wildman–Crippen MR) is 138 cm³/mol. The maximum atomic E-state index is 12.2. The minimum Gasteiger partial charge on any atom is -0.394 e. The van der Waals surface area contributed by atoms with E-state index in [9.17, 15) is 4.39 Å². The van der Waals surface area contributed by atoms with Crippen LogP contribution in [0.5, 0.6) is 0 Å². The van der Waals surface area contributed by atoms with Gasteiger partial charge in [-0.2, -0.15) is 0 Å². The number of alkyl halides is 1. The van der Waals surface area contributed by atoms with E-state index in [2.05, 4.69) is 27.7 Å². The molecule has 0 bridgehead atoms. The van der Waals surface area contributed by atoms with Gasteiger partial charge in [0.15, 0.2) is 0 Å². The van der Waals surface area contributed by atoms with Gasteiger partial charge in [-0.1, -0.05) is 117 Å². The van der Waals surface area contributed by atoms with Gasteiger partial charge in [-0.3, -0.25) is 4.39 Å². The van der Waals surface area contributed by atoms with E-state index < -0.39 is 8.56 Å². The smallest absolute Gasteiger partial charge is 0.338 e. The SMILES string of the molecule is CCCCCCCCCCCCCC(C)O[Si](CC)(CCCCCCCCF)OCC. The molecule has 0 aliphatic heterocycles. The maximum absolute atomic E-state index is 12.2. The molecule has 0 spiro atoms. The van der Waals surface area contributed by atoms with Gasteiger partial charge in [0.25, 0.3) is 0 Å². The molecule has 0 heterocycles. The summed E-state index contributed by atoms with van der Waals surface area (Å²) in [6.45, 7) is 9.49. The van der Waals surface area contributed by atoms with E-state index in [0.717, 1.165) is 38.0 Å². The third kappa shape index (κ3) is 19.3. The molecule has 0 saturated carbocycles. The van der Waals surface area contributed by atoms with Crippen LogP contribution in [0, 0.1) is 0 Å². The van der Waals surface area contributed by atoms with Crippen LogP contribution in [0.15, 0.2) is 0 Å². The highest BCUT2D eigenvalue weighted by Crippen LogP contribution is 2.26. The van der Waals surface area contributed by atoms with Crippen molar-refractivity contribution >= 4 is 8.56 Å². The molecule has 0 aromatic heterocycles. The molecule has 0 aliphatic rings. The van der Waals surface area contributed by atoms with Crippen LogP contribution in [-0.4, -0.2) is 27.9 Å². The highest BCUT2D eigenvalue weighted by atomic mass is 28.4. The van der Waals surface area contributed by atoms with Gasteiger partial charge in [0.2, 0.25) is 0 Å². The molecule has 0 amide bonds. The summed E-state index contributed by atoms with van der Waals surface area (Å²) in [7, 11) is -2.07. The van der Waals surface area contributed by atoms with Crippen LogP contribution in [0.4, 0.5) is 4.39 Å². The summed E-state index contributed by atoms with van der Waals surface area (Å²) >= 11 is 0. The minimum atomic E-state index is -2.07. The zero-order valence-electron chi connectivity index (χ0n) is 21.8. The highest BCUT2D eigenvalue weighted by molar-refractivity contribution is 6.67. The monoisotopic (exact) mass is 460 g/mol. The Hall–Kier alpha value is 0.0669. The molecule has 31 heavy (non-hydrogen) atoms. The maximum Gasteiger partial charge on any atom is 0.338 e. The van der Waals surface area contributed by atoms with Gasteiger partial charge in [0.1, 0.15) is 0 Å². The number of hydrogen-bond donors (Lipinski definition) is 0. The van der Waals surface area contributed by atoms with E-state index >= 15 is 0 Å². The van der Waals surface area contributed by atoms with E-state index in [0.29, 0.717) is 6.10 Å². The quantitative estimate of drug-likeness (QED) is 0.0996. The fourth-order valence-corrected chi connectivity index (χ4v) is 7.73. The summed E-state index contributed by atoms with van der Waals surface area (Å²) in [5.41, 5.74) is 0. The Morgan fingerprint density at radius 1 is 0.645 bits per heavy atom. The van der Waals surface area contributed by atoms with Gasteiger partial charge in [-0.15, -0.1) is 0 Å². The Morgan fingerprint density at radius 3 is 1.61 bits per heavy atom. The van der Waals surface area contributed by atoms with Crippen LogP contribution >= 0.6 is 0 Å². The number of unbranched alkanes of at least 4 members (excludes halogenated alkanes) is 15. The second-order valence-corrected chi connectivity index (χ2v) is 13.1. The number of hydrogen-bond acceptors (Lipinski definition) is 2. The average Bonchev–Trinajstić information content (AvgIpc) is 2.77. The minimum absolute atomic E-state index is 0.166. The van der Waals surface area contributed by atoms with Crippen molar-refractivity contribution in [1.29, 1.82) is 0 Å². The first-order chi connectivity index (χ1) is 15.1. The van der Waals surface area contributed by atoms with Crippen LogP contribution in [0.3, 0.4) is 0 Å². The second kappa shape index (κ2) is 23.2. The van der Waals surface area contributed by atoms with Crippen molar-refractivity contribution in [2.75, 3.05) is 13.3 Å². The molecular weight excluding hydrogens is 403 g/mol. The molecule has 2 nitrogen and oxygen atoms in total. The lowest BCUT2D eigenvalue weighted by molar-refractivity contribution is 0.118. The lowest BCUT2D eigenvalue weighted by Crippen LogP contribution is -2.44. The van der Waals surface area contributed by atoms with Gasteiger partial charge >= 0.3 is 8.56 Å². The fourth-order valence-electron chi connectivity index (χ4n) is 4.51. The number of halogens is 1. The van der Waals surface area contributed by atoms with Gasteiger partial charge < -0.3 is 8.85 Å². The topological polar surface area (TPSA) is 18.5 Å². The van der Waals surface area contributed by atoms with Crippen LogP contribution in [0.25, 0.3) is 0 Å². The molecule has 0 radical (unpaired) electrons. The molecular formula is C27H57FO2Si. The highest BCUT2D eigenvalue weighted by Gasteiger charge is 2.36. The van der Waals surface area contributed by atoms with Crippen molar-refractivity contribution in [3.63, 3.8) is 0 Å². The molecule has 2 atom stereocenters. The molecule has 188 valence electrons. The van der Waals surface area contributed by atoms with Gasteiger partial charge in [0, 0.05) is 12.7 Å². The molecule has 0 rings (SSSR count). The third-order valence-electron chi connectivity index (χ3n) is 6.52. The van der Waals surface area contributed by atoms with Crippen LogP contribution in [-0.2, 0) is 8.85 Å². The first-order valence-electron chi connectivity index (χ1n) is 14.0. The normalized spacial score (nSPS) is 14.6. The van der Waals surface area contributed by atoms with E-state index in [-0.39, 0.29) is 6.67 Å². The molecule has 0 N–H and O–H groups in total. The third-order valence-corrected chi connectivity index (χ3v) is 10.4. The van der Waals surface area contributed by atoms with Crippen molar-refractivity contribution < 1.29 is 13.2 Å². The van der Waals surface area contributed by atoms with E-state index in [1.807, 2.05) is 0 Å². The molecule has 0 aliphatic carbocycles. The Bertz CT molecular complexity index is 356. The van der Waals surface area contributed by atoms with E-state index in [1.54, 1.807) is 0 Å². The first kappa shape index (κ1) is 31.1. The molecule has 0 fully saturated rings. The molecule has 4 heteroatoms. The standard InChI is InChI=1S/C27H57FO2Si/c1-5-8-9-10-11-12-13-14-15-18-21-24-27(4)30-31(7-3,29-6-2)26-23-20-17-16-19-22-25-28/h27H,5-26H2,1-4H3. The summed E-state index contributed by atoms with van der Waals surface area (Å²) in [5.74, 6) is 0. The molecule has 0 aromatic carbocycles. The van der Waals surface area contributed by atoms with Crippen molar-refractivity contribution in [3.05, 3.63) is 0 Å². The summed E-state index contributed by atoms with van der Waals surface area (Å²) in [6, 6.07) is 2.16. The summed E-state index contributed by atoms with van der Waals surface area (Å²) in [4.78, 5) is 0. The second-order valence-electron chi connectivity index (χ2n) is 9.51. The molecule has 2 unspecified atom stereocenters. The summed E-state index contributed by atoms with van der Waals surface area (Å²) in [5, 5.41) is 0. The largest absolute Gasteiger partial charge is 0.394 e. The van der Waals surface area contributed by atoms with E-state index in [1.165, 1.54) is 96.3 Å². The average molecular weight is 461 g/mol. The Labute approximate surface area is 196 Å². The fraction of sp³-hybridized carbons (Fsp3) is 1.00. The molecule has 0 aromatic rings. The molecule has 0 saturated heterocycles. The van der Waals surface area contributed by atoms with Crippen molar-refractivity contribution in [2.45, 2.75) is 161 Å². The van der Waals surface area contributed by atoms with Crippen molar-refractivity contribution in [2.24, 2.45) is 0 Å². The Kier molecular flexibility index (Phi) is 23.3. The first-order valence-corrected chi connectivity index (χ1v) is 16.2. The Balaban J connectivity index is 3.90. The van der Waals surface area contributed by atoms with Gasteiger partial charge in [0.05, 0.1) is 6.67 Å². The van der Waals surface area contributed by atoms with Crippen molar-refractivity contribution in [1.82, 2.24) is 0 Å². The summed E-state index contributed by atoms with van der Waals surface area (Å²) < 4.78 is 25.1. The van der Waals surface area contributed by atoms with E-state index in [4.69, 9.17) is 8.85 Å². The zero-order valence-corrected chi connectivity index (χ0v) is 22.8. The zero-order chi connectivity index (χ0) is 23.0.